The van der Waals surface area contributed by atoms with Gasteiger partial charge >= 0.3 is 6.03 Å². The first-order valence-corrected chi connectivity index (χ1v) is 7.29. The Labute approximate surface area is 112 Å². The van der Waals surface area contributed by atoms with E-state index in [1.165, 1.54) is 4.90 Å². The molecule has 2 unspecified atom stereocenters. The molecule has 19 heavy (non-hydrogen) atoms. The van der Waals surface area contributed by atoms with Crippen molar-refractivity contribution in [1.82, 2.24) is 10.2 Å². The molecule has 3 rings (SSSR count). The van der Waals surface area contributed by atoms with Crippen molar-refractivity contribution in [2.24, 2.45) is 11.3 Å². The molecule has 0 bridgehead atoms. The minimum atomic E-state index is -0.937. The Morgan fingerprint density at radius 3 is 2.58 bits per heavy atom. The minimum Gasteiger partial charge on any atom is -0.277 e. The van der Waals surface area contributed by atoms with E-state index in [1.807, 2.05) is 0 Å². The quantitative estimate of drug-likeness (QED) is 0.791. The summed E-state index contributed by atoms with van der Waals surface area (Å²) < 4.78 is 0. The molecule has 5 heteroatoms. The fraction of sp³-hybridized carbons (Fsp3) is 0.786. The maximum absolute atomic E-state index is 12.6. The van der Waals surface area contributed by atoms with E-state index in [0.29, 0.717) is 18.8 Å². The number of urea groups is 1. The molecule has 3 aliphatic rings. The number of carbonyl (C=O) groups is 3. The summed E-state index contributed by atoms with van der Waals surface area (Å²) in [5.74, 6) is -0.169. The zero-order chi connectivity index (χ0) is 13.6. The number of nitrogens with one attached hydrogen (secondary N) is 1. The van der Waals surface area contributed by atoms with Crippen molar-refractivity contribution in [2.45, 2.75) is 57.9 Å². The number of barbiturate groups is 1. The molecule has 3 fully saturated rings. The molecule has 1 saturated heterocycles. The molecule has 1 N–H and O–H groups in total. The normalized spacial score (nSPS) is 32.9. The Bertz CT molecular complexity index is 440. The lowest BCUT2D eigenvalue weighted by molar-refractivity contribution is -0.151. The van der Waals surface area contributed by atoms with Gasteiger partial charge in [0, 0.05) is 6.04 Å². The van der Waals surface area contributed by atoms with Crippen LogP contribution in [0, 0.1) is 11.3 Å². The van der Waals surface area contributed by atoms with Crippen molar-refractivity contribution in [1.29, 1.82) is 0 Å². The Kier molecular flexibility index (Phi) is 2.87. The van der Waals surface area contributed by atoms with Gasteiger partial charge in [0.1, 0.15) is 5.41 Å². The van der Waals surface area contributed by atoms with Crippen molar-refractivity contribution in [2.75, 3.05) is 0 Å². The molecule has 0 aromatic carbocycles. The van der Waals surface area contributed by atoms with Crippen molar-refractivity contribution < 1.29 is 14.4 Å². The highest BCUT2D eigenvalue weighted by Gasteiger charge is 2.59. The second-order valence-electron chi connectivity index (χ2n) is 6.08. The van der Waals surface area contributed by atoms with Crippen molar-refractivity contribution in [3.8, 4) is 0 Å². The molecule has 1 spiro atoms. The number of nitrogens with zero attached hydrogens (tertiary/aromatic N) is 1. The van der Waals surface area contributed by atoms with Crippen LogP contribution in [0.5, 0.6) is 0 Å². The van der Waals surface area contributed by atoms with Gasteiger partial charge in [0.2, 0.25) is 11.8 Å². The summed E-state index contributed by atoms with van der Waals surface area (Å²) in [6.07, 6.45) is 5.97. The summed E-state index contributed by atoms with van der Waals surface area (Å²) in [6.45, 7) is 2.11. The highest BCUT2D eigenvalue weighted by Crippen LogP contribution is 2.47. The monoisotopic (exact) mass is 264 g/mol. The van der Waals surface area contributed by atoms with Crippen LogP contribution in [-0.4, -0.2) is 28.8 Å². The van der Waals surface area contributed by atoms with Gasteiger partial charge in [-0.1, -0.05) is 26.2 Å². The van der Waals surface area contributed by atoms with Gasteiger partial charge in [0.15, 0.2) is 0 Å². The van der Waals surface area contributed by atoms with E-state index < -0.39 is 11.4 Å². The van der Waals surface area contributed by atoms with Gasteiger partial charge < -0.3 is 0 Å². The van der Waals surface area contributed by atoms with Crippen LogP contribution < -0.4 is 5.32 Å². The van der Waals surface area contributed by atoms with E-state index in [-0.39, 0.29) is 17.9 Å². The highest BCUT2D eigenvalue weighted by molar-refractivity contribution is 6.19. The standard InChI is InChI=1S/C14H20N2O3/c1-2-5-9-8-10(9)16-12(18)14(6-3-4-7-14)11(17)15-13(16)19/h9-10H,2-8H2,1H3,(H,15,17,19). The van der Waals surface area contributed by atoms with E-state index >= 15 is 0 Å². The number of amides is 4. The van der Waals surface area contributed by atoms with E-state index in [0.717, 1.165) is 32.1 Å². The number of hydrogen-bond donors (Lipinski definition) is 1. The highest BCUT2D eigenvalue weighted by atomic mass is 16.2. The third-order valence-corrected chi connectivity index (χ3v) is 4.84. The van der Waals surface area contributed by atoms with Crippen LogP contribution in [0.2, 0.25) is 0 Å². The third-order valence-electron chi connectivity index (χ3n) is 4.84. The fourth-order valence-corrected chi connectivity index (χ4v) is 3.65. The summed E-state index contributed by atoms with van der Waals surface area (Å²) in [5, 5.41) is 2.40. The Morgan fingerprint density at radius 1 is 1.26 bits per heavy atom. The van der Waals surface area contributed by atoms with Gasteiger partial charge in [-0.3, -0.25) is 19.8 Å². The first kappa shape index (κ1) is 12.6. The molecule has 0 aromatic rings. The molecule has 104 valence electrons. The summed E-state index contributed by atoms with van der Waals surface area (Å²) in [4.78, 5) is 38.0. The largest absolute Gasteiger partial charge is 0.331 e. The van der Waals surface area contributed by atoms with Crippen LogP contribution in [0.3, 0.4) is 0 Å². The Hall–Kier alpha value is -1.39. The molecular formula is C14H20N2O3. The first-order valence-electron chi connectivity index (χ1n) is 7.29. The van der Waals surface area contributed by atoms with Gasteiger partial charge in [-0.05, 0) is 31.6 Å². The third kappa shape index (κ3) is 1.78. The van der Waals surface area contributed by atoms with Crippen LogP contribution in [0.1, 0.15) is 51.9 Å². The zero-order valence-electron chi connectivity index (χ0n) is 11.3. The molecule has 4 amide bonds. The van der Waals surface area contributed by atoms with Crippen molar-refractivity contribution in [3.05, 3.63) is 0 Å². The van der Waals surface area contributed by atoms with Gasteiger partial charge in [0.05, 0.1) is 0 Å². The molecule has 0 aromatic heterocycles. The molecule has 2 saturated carbocycles. The average Bonchev–Trinajstić information content (AvgIpc) is 2.93. The average molecular weight is 264 g/mol. The van der Waals surface area contributed by atoms with Crippen LogP contribution in [0.4, 0.5) is 4.79 Å². The number of imide groups is 2. The maximum Gasteiger partial charge on any atom is 0.331 e. The van der Waals surface area contributed by atoms with Crippen molar-refractivity contribution >= 4 is 17.8 Å². The summed E-state index contributed by atoms with van der Waals surface area (Å²) >= 11 is 0. The van der Waals surface area contributed by atoms with E-state index in [4.69, 9.17) is 0 Å². The topological polar surface area (TPSA) is 66.5 Å². The Morgan fingerprint density at radius 2 is 1.95 bits per heavy atom. The SMILES string of the molecule is CCCC1CC1N1C(=O)NC(=O)C2(CCCC2)C1=O. The van der Waals surface area contributed by atoms with Gasteiger partial charge in [-0.25, -0.2) is 4.79 Å². The summed E-state index contributed by atoms with van der Waals surface area (Å²) in [5.41, 5.74) is -0.937. The van der Waals surface area contributed by atoms with Crippen LogP contribution in [0.25, 0.3) is 0 Å². The van der Waals surface area contributed by atoms with Crippen LogP contribution >= 0.6 is 0 Å². The van der Waals surface area contributed by atoms with Crippen molar-refractivity contribution in [3.63, 3.8) is 0 Å². The molecule has 1 aliphatic heterocycles. The lowest BCUT2D eigenvalue weighted by atomic mass is 9.82. The summed E-state index contributed by atoms with van der Waals surface area (Å²) in [6, 6.07) is -0.478. The minimum absolute atomic E-state index is 0.0259. The lowest BCUT2D eigenvalue weighted by Gasteiger charge is -2.37. The maximum atomic E-state index is 12.6. The Balaban J connectivity index is 1.82. The van der Waals surface area contributed by atoms with E-state index in [2.05, 4.69) is 12.2 Å². The van der Waals surface area contributed by atoms with E-state index in [9.17, 15) is 14.4 Å². The number of rotatable bonds is 3. The smallest absolute Gasteiger partial charge is 0.277 e. The molecular weight excluding hydrogens is 244 g/mol. The lowest BCUT2D eigenvalue weighted by Crippen LogP contribution is -2.63. The second-order valence-corrected chi connectivity index (χ2v) is 6.08. The van der Waals surface area contributed by atoms with Gasteiger partial charge in [-0.2, -0.15) is 0 Å². The fourth-order valence-electron chi connectivity index (χ4n) is 3.65. The molecule has 2 atom stereocenters. The van der Waals surface area contributed by atoms with Crippen LogP contribution in [0.15, 0.2) is 0 Å². The predicted molar refractivity (Wildman–Crippen MR) is 68.1 cm³/mol. The molecule has 5 nitrogen and oxygen atoms in total. The number of carbonyl (C=O) groups excluding carboxylic acids is 3. The van der Waals surface area contributed by atoms with Gasteiger partial charge in [0.25, 0.3) is 0 Å². The molecule has 2 aliphatic carbocycles. The van der Waals surface area contributed by atoms with Crippen LogP contribution in [-0.2, 0) is 9.59 Å². The summed E-state index contributed by atoms with van der Waals surface area (Å²) in [7, 11) is 0. The first-order chi connectivity index (χ1) is 9.10. The predicted octanol–water partition coefficient (Wildman–Crippen LogP) is 1.81. The second kappa shape index (κ2) is 4.32. The molecule has 1 heterocycles. The number of hydrogen-bond acceptors (Lipinski definition) is 3. The van der Waals surface area contributed by atoms with E-state index in [1.54, 1.807) is 0 Å². The zero-order valence-corrected chi connectivity index (χ0v) is 11.3. The van der Waals surface area contributed by atoms with Gasteiger partial charge in [-0.15, -0.1) is 0 Å². The molecule has 0 radical (unpaired) electrons.